The number of hydrogen-bond acceptors (Lipinski definition) is 2. The second kappa shape index (κ2) is 8.76. The van der Waals surface area contributed by atoms with Crippen LogP contribution in [0.1, 0.15) is 10.4 Å². The van der Waals surface area contributed by atoms with Crippen LogP contribution in [0.5, 0.6) is 5.75 Å². The Labute approximate surface area is 120 Å². The second-order valence-electron chi connectivity index (χ2n) is 2.88. The number of rotatable bonds is 1. The molecule has 0 radical (unpaired) electrons. The molecule has 0 amide bonds. The number of carboxylic acids is 1. The van der Waals surface area contributed by atoms with Crippen LogP contribution in [0.15, 0.2) is 54.6 Å². The quantitative estimate of drug-likeness (QED) is 0.573. The summed E-state index contributed by atoms with van der Waals surface area (Å²) in [5, 5.41) is 19.0. The minimum Gasteiger partial charge on any atom is -0.872 e. The normalized spacial score (nSPS) is 8.24. The Morgan fingerprint density at radius 1 is 1.06 bits per heavy atom. The molecule has 2 aromatic rings. The van der Waals surface area contributed by atoms with Crippen molar-refractivity contribution in [3.63, 3.8) is 0 Å². The van der Waals surface area contributed by atoms with Crippen molar-refractivity contribution in [2.45, 2.75) is 0 Å². The summed E-state index contributed by atoms with van der Waals surface area (Å²) in [5.74, 6) is -1.62. The van der Waals surface area contributed by atoms with Gasteiger partial charge in [0.05, 0.1) is 5.56 Å². The zero-order valence-electron chi connectivity index (χ0n) is 9.17. The first-order valence-electron chi connectivity index (χ1n) is 4.62. The SMILES string of the molecule is O=C(O)c1ccccc1[O-].[Hg+2].[c-]1ccccc1. The minimum absolute atomic E-state index is 0. The first-order chi connectivity index (χ1) is 7.72. The van der Waals surface area contributed by atoms with Gasteiger partial charge in [-0.15, -0.1) is 0 Å². The molecule has 4 heteroatoms. The number of benzene rings is 2. The van der Waals surface area contributed by atoms with Crippen LogP contribution in [0, 0.1) is 6.07 Å². The standard InChI is InChI=1S/C7H6O3.C6H5.Hg/c8-6-4-2-1-3-5(6)7(9)10;1-2-4-6-5-3-1;/h1-4,8H,(H,9,10);1-5H;/q;-1;+2/p-1. The summed E-state index contributed by atoms with van der Waals surface area (Å²) in [6, 6.07) is 18.0. The van der Waals surface area contributed by atoms with Crippen LogP contribution in [0.2, 0.25) is 0 Å². The number of aromatic carboxylic acids is 1. The van der Waals surface area contributed by atoms with Gasteiger partial charge in [0.15, 0.2) is 0 Å². The van der Waals surface area contributed by atoms with Crippen LogP contribution < -0.4 is 5.11 Å². The fourth-order valence-electron chi connectivity index (χ4n) is 0.985. The predicted molar refractivity (Wildman–Crippen MR) is 58.1 cm³/mol. The summed E-state index contributed by atoms with van der Waals surface area (Å²) in [4.78, 5) is 10.2. The van der Waals surface area contributed by atoms with Crippen molar-refractivity contribution in [3.8, 4) is 5.75 Å². The molecular weight excluding hydrogens is 405 g/mol. The molecule has 0 atom stereocenters. The summed E-state index contributed by atoms with van der Waals surface area (Å²) in [5.41, 5.74) is -0.178. The third-order valence-corrected chi connectivity index (χ3v) is 1.72. The van der Waals surface area contributed by atoms with E-state index < -0.39 is 11.7 Å². The summed E-state index contributed by atoms with van der Waals surface area (Å²) in [7, 11) is 0. The average Bonchev–Trinajstić information content (AvgIpc) is 2.32. The monoisotopic (exact) mass is 416 g/mol. The van der Waals surface area contributed by atoms with Gasteiger partial charge in [-0.25, -0.2) is 4.79 Å². The topological polar surface area (TPSA) is 60.4 Å². The van der Waals surface area contributed by atoms with Gasteiger partial charge in [-0.05, 0) is 6.07 Å². The van der Waals surface area contributed by atoms with Gasteiger partial charge in [0.25, 0.3) is 0 Å². The van der Waals surface area contributed by atoms with Gasteiger partial charge in [0.1, 0.15) is 0 Å². The fourth-order valence-corrected chi connectivity index (χ4v) is 0.985. The maximum Gasteiger partial charge on any atom is 2.00 e. The molecule has 0 aliphatic rings. The first-order valence-corrected chi connectivity index (χ1v) is 4.62. The van der Waals surface area contributed by atoms with E-state index in [4.69, 9.17) is 5.11 Å². The van der Waals surface area contributed by atoms with E-state index in [0.717, 1.165) is 0 Å². The second-order valence-corrected chi connectivity index (χ2v) is 2.88. The van der Waals surface area contributed by atoms with Gasteiger partial charge in [-0.3, -0.25) is 0 Å². The molecule has 0 aromatic heterocycles. The number of carbonyl (C=O) groups is 1. The molecule has 0 fully saturated rings. The van der Waals surface area contributed by atoms with Gasteiger partial charge in [0, 0.05) is 0 Å². The molecule has 0 saturated heterocycles. The molecule has 82 valence electrons. The Hall–Kier alpha value is -1.35. The zero-order valence-corrected chi connectivity index (χ0v) is 14.7. The Balaban J connectivity index is 0.000000316. The Bertz CT molecular complexity index is 417. The van der Waals surface area contributed by atoms with E-state index in [0.29, 0.717) is 0 Å². The summed E-state index contributed by atoms with van der Waals surface area (Å²) in [6.45, 7) is 0. The molecule has 0 aliphatic carbocycles. The van der Waals surface area contributed by atoms with Gasteiger partial charge >= 0.3 is 33.6 Å². The molecule has 0 saturated carbocycles. The third kappa shape index (κ3) is 6.07. The van der Waals surface area contributed by atoms with Crippen molar-refractivity contribution >= 4 is 5.97 Å². The van der Waals surface area contributed by atoms with Crippen LogP contribution in [0.25, 0.3) is 0 Å². The zero-order chi connectivity index (χ0) is 11.8. The fraction of sp³-hybridized carbons (Fsp3) is 0. The van der Waals surface area contributed by atoms with Crippen LogP contribution in [-0.4, -0.2) is 11.1 Å². The van der Waals surface area contributed by atoms with Crippen molar-refractivity contribution in [1.29, 1.82) is 0 Å². The molecule has 0 bridgehead atoms. The van der Waals surface area contributed by atoms with Crippen LogP contribution in [-0.2, 0) is 27.7 Å². The van der Waals surface area contributed by atoms with E-state index in [1.807, 2.05) is 30.3 Å². The molecule has 2 rings (SSSR count). The number of carboxylic acid groups (broad SMARTS) is 1. The molecule has 0 unspecified atom stereocenters. The van der Waals surface area contributed by atoms with Gasteiger partial charge in [-0.1, -0.05) is 23.9 Å². The molecule has 2 aromatic carbocycles. The minimum atomic E-state index is -1.18. The Morgan fingerprint density at radius 2 is 1.65 bits per heavy atom. The van der Waals surface area contributed by atoms with Crippen molar-refractivity contribution in [3.05, 3.63) is 66.2 Å². The summed E-state index contributed by atoms with van der Waals surface area (Å²) < 4.78 is 0. The number of para-hydroxylation sites is 1. The molecule has 17 heavy (non-hydrogen) atoms. The van der Waals surface area contributed by atoms with Crippen LogP contribution in [0.3, 0.4) is 0 Å². The molecule has 0 spiro atoms. The molecule has 3 nitrogen and oxygen atoms in total. The van der Waals surface area contributed by atoms with Crippen molar-refractivity contribution in [2.24, 2.45) is 0 Å². The van der Waals surface area contributed by atoms with Crippen molar-refractivity contribution < 1.29 is 42.7 Å². The largest absolute Gasteiger partial charge is 2.00 e. The van der Waals surface area contributed by atoms with Crippen molar-refractivity contribution in [1.82, 2.24) is 0 Å². The Kier molecular flexibility index (Phi) is 8.06. The van der Waals surface area contributed by atoms with E-state index in [2.05, 4.69) is 6.07 Å². The smallest absolute Gasteiger partial charge is 0.872 e. The molecule has 0 heterocycles. The maximum atomic E-state index is 10.7. The van der Waals surface area contributed by atoms with Gasteiger partial charge in [-0.2, -0.15) is 36.4 Å². The number of hydrogen-bond donors (Lipinski definition) is 1. The Morgan fingerprint density at radius 3 is 1.94 bits per heavy atom. The molecule has 1 N–H and O–H groups in total. The van der Waals surface area contributed by atoms with Crippen molar-refractivity contribution in [2.75, 3.05) is 0 Å². The summed E-state index contributed by atoms with van der Waals surface area (Å²) >= 11 is 0. The van der Waals surface area contributed by atoms with E-state index in [-0.39, 0.29) is 33.2 Å². The first kappa shape index (κ1) is 15.6. The predicted octanol–water partition coefficient (Wildman–Crippen LogP) is 1.94. The maximum absolute atomic E-state index is 10.7. The third-order valence-electron chi connectivity index (χ3n) is 1.72. The van der Waals surface area contributed by atoms with E-state index in [1.54, 1.807) is 0 Å². The summed E-state index contributed by atoms with van der Waals surface area (Å²) in [6.07, 6.45) is 0. The van der Waals surface area contributed by atoms with E-state index in [1.165, 1.54) is 24.3 Å². The molecule has 0 aliphatic heterocycles. The van der Waals surface area contributed by atoms with E-state index >= 15 is 0 Å². The van der Waals surface area contributed by atoms with Crippen LogP contribution >= 0.6 is 0 Å². The van der Waals surface area contributed by atoms with Crippen LogP contribution in [0.4, 0.5) is 0 Å². The van der Waals surface area contributed by atoms with Gasteiger partial charge in [0.2, 0.25) is 0 Å². The molecular formula is C13H10HgO3. The van der Waals surface area contributed by atoms with Gasteiger partial charge < -0.3 is 10.2 Å². The van der Waals surface area contributed by atoms with E-state index in [9.17, 15) is 9.90 Å². The average molecular weight is 415 g/mol.